The van der Waals surface area contributed by atoms with Crippen molar-refractivity contribution in [1.82, 2.24) is 0 Å². The van der Waals surface area contributed by atoms with E-state index in [0.717, 1.165) is 5.69 Å². The van der Waals surface area contributed by atoms with Crippen molar-refractivity contribution in [2.45, 2.75) is 33.6 Å². The largest absolute Gasteiger partial charge is 0.387 e. The number of benzene rings is 1. The maximum atomic E-state index is 5.98. The maximum absolute atomic E-state index is 5.98. The van der Waals surface area contributed by atoms with Gasteiger partial charge in [0, 0.05) is 24.2 Å². The van der Waals surface area contributed by atoms with Crippen molar-refractivity contribution in [3.63, 3.8) is 0 Å². The molecule has 1 aromatic rings. The van der Waals surface area contributed by atoms with E-state index in [1.807, 2.05) is 12.1 Å². The highest BCUT2D eigenvalue weighted by molar-refractivity contribution is 5.87. The molecule has 0 amide bonds. The molecule has 2 N–H and O–H groups in total. The first-order chi connectivity index (χ1) is 8.47. The summed E-state index contributed by atoms with van der Waals surface area (Å²) in [5, 5.41) is 0. The van der Waals surface area contributed by atoms with Crippen molar-refractivity contribution < 1.29 is 0 Å². The average Bonchev–Trinajstić information content (AvgIpc) is 2.82. The molecular formula is C15H23N3. The van der Waals surface area contributed by atoms with E-state index >= 15 is 0 Å². The average molecular weight is 245 g/mol. The summed E-state index contributed by atoms with van der Waals surface area (Å²) in [6.07, 6.45) is 2.60. The minimum Gasteiger partial charge on any atom is -0.387 e. The van der Waals surface area contributed by atoms with Crippen molar-refractivity contribution in [2.75, 3.05) is 18.0 Å². The van der Waals surface area contributed by atoms with Crippen LogP contribution in [0.25, 0.3) is 0 Å². The van der Waals surface area contributed by atoms with Crippen LogP contribution in [-0.4, -0.2) is 18.9 Å². The molecule has 18 heavy (non-hydrogen) atoms. The summed E-state index contributed by atoms with van der Waals surface area (Å²) in [5.74, 6) is 0.677. The zero-order chi connectivity index (χ0) is 13.2. The van der Waals surface area contributed by atoms with Gasteiger partial charge in [-0.2, -0.15) is 0 Å². The standard InChI is InChI=1S/C15H23N3/c1-15(2,3)14(16)17-12-6-8-13(9-7-12)18-10-4-5-11-18/h6-9H,4-5,10-11H2,1-3H3,(H2,16,17). The van der Waals surface area contributed by atoms with E-state index in [9.17, 15) is 0 Å². The highest BCUT2D eigenvalue weighted by Gasteiger charge is 2.15. The highest BCUT2D eigenvalue weighted by Crippen LogP contribution is 2.24. The normalized spacial score (nSPS) is 17.3. The first-order valence-corrected chi connectivity index (χ1v) is 6.66. The minimum absolute atomic E-state index is 0.0758. The van der Waals surface area contributed by atoms with Gasteiger partial charge in [0.1, 0.15) is 5.84 Å². The van der Waals surface area contributed by atoms with E-state index in [-0.39, 0.29) is 5.41 Å². The predicted molar refractivity (Wildman–Crippen MR) is 78.6 cm³/mol. The number of nitrogens with two attached hydrogens (primary N) is 1. The van der Waals surface area contributed by atoms with Crippen molar-refractivity contribution in [3.05, 3.63) is 24.3 Å². The molecule has 1 heterocycles. The number of aliphatic imine (C=N–C) groups is 1. The van der Waals surface area contributed by atoms with Crippen LogP contribution in [0.4, 0.5) is 11.4 Å². The van der Waals surface area contributed by atoms with Crippen LogP contribution in [0.3, 0.4) is 0 Å². The van der Waals surface area contributed by atoms with E-state index in [4.69, 9.17) is 5.73 Å². The number of hydrogen-bond acceptors (Lipinski definition) is 2. The molecule has 3 nitrogen and oxygen atoms in total. The Kier molecular flexibility index (Phi) is 3.60. The Hall–Kier alpha value is -1.51. The molecule has 0 spiro atoms. The van der Waals surface area contributed by atoms with Gasteiger partial charge in [-0.1, -0.05) is 20.8 Å². The van der Waals surface area contributed by atoms with Crippen molar-refractivity contribution in [2.24, 2.45) is 16.1 Å². The third-order valence-electron chi connectivity index (χ3n) is 3.34. The Morgan fingerprint density at radius 1 is 1.11 bits per heavy atom. The SMILES string of the molecule is CC(C)(C)C(N)=Nc1ccc(N2CCCC2)cc1. The second-order valence-corrected chi connectivity index (χ2v) is 5.96. The smallest absolute Gasteiger partial charge is 0.105 e. The van der Waals surface area contributed by atoms with E-state index < -0.39 is 0 Å². The van der Waals surface area contributed by atoms with Gasteiger partial charge in [-0.3, -0.25) is 0 Å². The van der Waals surface area contributed by atoms with Crippen LogP contribution in [0, 0.1) is 5.41 Å². The van der Waals surface area contributed by atoms with Crippen LogP contribution in [0.1, 0.15) is 33.6 Å². The second kappa shape index (κ2) is 5.01. The van der Waals surface area contributed by atoms with Crippen LogP contribution in [-0.2, 0) is 0 Å². The van der Waals surface area contributed by atoms with Gasteiger partial charge in [0.05, 0.1) is 5.69 Å². The zero-order valence-corrected chi connectivity index (χ0v) is 11.6. The summed E-state index contributed by atoms with van der Waals surface area (Å²) >= 11 is 0. The van der Waals surface area contributed by atoms with E-state index in [0.29, 0.717) is 5.84 Å². The zero-order valence-electron chi connectivity index (χ0n) is 11.6. The van der Waals surface area contributed by atoms with Crippen LogP contribution in [0.5, 0.6) is 0 Å². The Labute approximate surface area is 110 Å². The summed E-state index contributed by atoms with van der Waals surface area (Å²) in [6, 6.07) is 8.37. The van der Waals surface area contributed by atoms with Crippen LogP contribution in [0.15, 0.2) is 29.3 Å². The van der Waals surface area contributed by atoms with Gasteiger partial charge in [-0.15, -0.1) is 0 Å². The van der Waals surface area contributed by atoms with Gasteiger partial charge in [-0.05, 0) is 37.1 Å². The third-order valence-corrected chi connectivity index (χ3v) is 3.34. The lowest BCUT2D eigenvalue weighted by Gasteiger charge is -2.18. The number of anilines is 1. The molecule has 0 bridgehead atoms. The van der Waals surface area contributed by atoms with Gasteiger partial charge in [-0.25, -0.2) is 4.99 Å². The molecule has 1 aliphatic heterocycles. The highest BCUT2D eigenvalue weighted by atomic mass is 15.1. The Bertz CT molecular complexity index is 420. The molecule has 0 radical (unpaired) electrons. The van der Waals surface area contributed by atoms with E-state index in [1.165, 1.54) is 31.6 Å². The second-order valence-electron chi connectivity index (χ2n) is 5.96. The Morgan fingerprint density at radius 3 is 2.17 bits per heavy atom. The van der Waals surface area contributed by atoms with Crippen molar-refractivity contribution in [3.8, 4) is 0 Å². The van der Waals surface area contributed by atoms with Gasteiger partial charge >= 0.3 is 0 Å². The summed E-state index contributed by atoms with van der Waals surface area (Å²) in [4.78, 5) is 6.89. The van der Waals surface area contributed by atoms with Crippen molar-refractivity contribution >= 4 is 17.2 Å². The van der Waals surface area contributed by atoms with Crippen LogP contribution < -0.4 is 10.6 Å². The monoisotopic (exact) mass is 245 g/mol. The first kappa shape index (κ1) is 12.9. The molecule has 1 aliphatic rings. The van der Waals surface area contributed by atoms with Crippen LogP contribution in [0.2, 0.25) is 0 Å². The first-order valence-electron chi connectivity index (χ1n) is 6.66. The number of rotatable bonds is 2. The van der Waals surface area contributed by atoms with E-state index in [1.54, 1.807) is 0 Å². The topological polar surface area (TPSA) is 41.6 Å². The molecule has 0 aliphatic carbocycles. The van der Waals surface area contributed by atoms with Crippen molar-refractivity contribution in [1.29, 1.82) is 0 Å². The third kappa shape index (κ3) is 3.03. The molecule has 1 aromatic carbocycles. The summed E-state index contributed by atoms with van der Waals surface area (Å²) < 4.78 is 0. The summed E-state index contributed by atoms with van der Waals surface area (Å²) in [5.41, 5.74) is 8.13. The molecule has 2 rings (SSSR count). The van der Waals surface area contributed by atoms with Crippen LogP contribution >= 0.6 is 0 Å². The van der Waals surface area contributed by atoms with Gasteiger partial charge in [0.2, 0.25) is 0 Å². The lowest BCUT2D eigenvalue weighted by atomic mass is 9.95. The van der Waals surface area contributed by atoms with Gasteiger partial charge in [0.15, 0.2) is 0 Å². The van der Waals surface area contributed by atoms with Gasteiger partial charge < -0.3 is 10.6 Å². The fourth-order valence-electron chi connectivity index (χ4n) is 2.02. The molecular weight excluding hydrogens is 222 g/mol. The Morgan fingerprint density at radius 2 is 1.67 bits per heavy atom. The fourth-order valence-corrected chi connectivity index (χ4v) is 2.02. The summed E-state index contributed by atoms with van der Waals surface area (Å²) in [7, 11) is 0. The molecule has 98 valence electrons. The maximum Gasteiger partial charge on any atom is 0.105 e. The minimum atomic E-state index is -0.0758. The molecule has 0 saturated carbocycles. The Balaban J connectivity index is 2.12. The summed E-state index contributed by atoms with van der Waals surface area (Å²) in [6.45, 7) is 8.57. The quantitative estimate of drug-likeness (QED) is 0.641. The number of hydrogen-bond donors (Lipinski definition) is 1. The fraction of sp³-hybridized carbons (Fsp3) is 0.533. The molecule has 0 atom stereocenters. The molecule has 0 unspecified atom stereocenters. The molecule has 0 aromatic heterocycles. The number of amidine groups is 1. The lowest BCUT2D eigenvalue weighted by molar-refractivity contribution is 0.585. The lowest BCUT2D eigenvalue weighted by Crippen LogP contribution is -2.28. The predicted octanol–water partition coefficient (Wildman–Crippen LogP) is 3.32. The van der Waals surface area contributed by atoms with Gasteiger partial charge in [0.25, 0.3) is 0 Å². The molecule has 1 saturated heterocycles. The number of nitrogens with zero attached hydrogens (tertiary/aromatic N) is 2. The van der Waals surface area contributed by atoms with E-state index in [2.05, 4.69) is 42.8 Å². The molecule has 3 heteroatoms. The molecule has 1 fully saturated rings.